The van der Waals surface area contributed by atoms with Crippen molar-refractivity contribution in [1.82, 2.24) is 0 Å². The van der Waals surface area contributed by atoms with E-state index in [-0.39, 0.29) is 10.8 Å². The van der Waals surface area contributed by atoms with Crippen molar-refractivity contribution in [2.75, 3.05) is 0 Å². The van der Waals surface area contributed by atoms with Crippen LogP contribution in [0.5, 0.6) is 0 Å². The Hall–Kier alpha value is -4.52. The Morgan fingerprint density at radius 1 is 0.667 bits per heavy atom. The summed E-state index contributed by atoms with van der Waals surface area (Å²) in [5.74, 6) is 14.3. The van der Waals surface area contributed by atoms with E-state index in [1.54, 1.807) is 0 Å². The van der Waals surface area contributed by atoms with Crippen molar-refractivity contribution >= 4 is 5.57 Å². The number of hydrogen-bond acceptors (Lipinski definition) is 0. The average molecular weight is 587 g/mol. The highest BCUT2D eigenvalue weighted by Gasteiger charge is 2.20. The molecule has 2 aliphatic carbocycles. The Kier molecular flexibility index (Phi) is 9.37. The van der Waals surface area contributed by atoms with Gasteiger partial charge in [-0.2, -0.15) is 0 Å². The first-order valence-corrected chi connectivity index (χ1v) is 16.3. The second kappa shape index (κ2) is 13.2. The number of allylic oxidation sites excluding steroid dienone is 10. The third kappa shape index (κ3) is 7.96. The lowest BCUT2D eigenvalue weighted by Gasteiger charge is -2.25. The van der Waals surface area contributed by atoms with E-state index in [0.717, 1.165) is 35.1 Å². The van der Waals surface area contributed by atoms with Gasteiger partial charge in [0.05, 0.1) is 0 Å². The lowest BCUT2D eigenvalue weighted by molar-refractivity contribution is 0.480. The Bertz CT molecular complexity index is 1860. The molecule has 45 heavy (non-hydrogen) atoms. The molecule has 1 unspecified atom stereocenters. The van der Waals surface area contributed by atoms with Gasteiger partial charge in [-0.05, 0) is 100 Å². The second-order valence-corrected chi connectivity index (χ2v) is 14.4. The summed E-state index contributed by atoms with van der Waals surface area (Å²) in [5, 5.41) is 0. The molecule has 0 amide bonds. The van der Waals surface area contributed by atoms with Gasteiger partial charge in [0.2, 0.25) is 0 Å². The third-order valence-electron chi connectivity index (χ3n) is 8.71. The topological polar surface area (TPSA) is 0 Å². The van der Waals surface area contributed by atoms with Crippen LogP contribution < -0.4 is 0 Å². The normalized spacial score (nSPS) is 16.4. The van der Waals surface area contributed by atoms with Gasteiger partial charge in [-0.15, -0.1) is 0 Å². The molecule has 0 fully saturated rings. The first-order valence-electron chi connectivity index (χ1n) is 16.3. The van der Waals surface area contributed by atoms with Crippen LogP contribution in [0, 0.1) is 29.1 Å². The summed E-state index contributed by atoms with van der Waals surface area (Å²) >= 11 is 0. The van der Waals surface area contributed by atoms with E-state index in [4.69, 9.17) is 0 Å². The van der Waals surface area contributed by atoms with Crippen LogP contribution in [0.25, 0.3) is 16.7 Å². The van der Waals surface area contributed by atoms with Gasteiger partial charge in [0.25, 0.3) is 0 Å². The van der Waals surface area contributed by atoms with E-state index in [1.807, 2.05) is 6.92 Å². The molecule has 0 spiro atoms. The predicted octanol–water partition coefficient (Wildman–Crippen LogP) is 11.7. The summed E-state index contributed by atoms with van der Waals surface area (Å²) < 4.78 is 0. The Labute approximate surface area is 272 Å². The van der Waals surface area contributed by atoms with Gasteiger partial charge in [-0.25, -0.2) is 0 Å². The molecule has 0 nitrogen and oxygen atoms in total. The van der Waals surface area contributed by atoms with Crippen molar-refractivity contribution in [3.63, 3.8) is 0 Å². The van der Waals surface area contributed by atoms with Crippen molar-refractivity contribution in [3.8, 4) is 34.8 Å². The van der Waals surface area contributed by atoms with Crippen molar-refractivity contribution in [3.05, 3.63) is 148 Å². The fourth-order valence-corrected chi connectivity index (χ4v) is 5.90. The van der Waals surface area contributed by atoms with Gasteiger partial charge in [0.15, 0.2) is 0 Å². The monoisotopic (exact) mass is 586 g/mol. The summed E-state index contributed by atoms with van der Waals surface area (Å²) in [6.07, 6.45) is 17.4. The SMILES string of the molecule is C/C=C\C=C/C1=CC(C)c2ccc(-c3cc(C#CC4=CC=C(C(C)(C)C)CC4)cc(C#Cc4ccc(C(C)(C)C)cc4)c3)cc21. The van der Waals surface area contributed by atoms with E-state index < -0.39 is 0 Å². The summed E-state index contributed by atoms with van der Waals surface area (Å²) in [6, 6.07) is 22.1. The zero-order valence-electron chi connectivity index (χ0n) is 28.3. The molecule has 0 radical (unpaired) electrons. The van der Waals surface area contributed by atoms with Gasteiger partial charge < -0.3 is 0 Å². The van der Waals surface area contributed by atoms with Crippen LogP contribution >= 0.6 is 0 Å². The minimum atomic E-state index is 0.122. The molecule has 0 aliphatic heterocycles. The maximum atomic E-state index is 3.50. The van der Waals surface area contributed by atoms with Crippen LogP contribution in [0.2, 0.25) is 0 Å². The minimum absolute atomic E-state index is 0.122. The summed E-state index contributed by atoms with van der Waals surface area (Å²) in [6.45, 7) is 17.9. The van der Waals surface area contributed by atoms with Gasteiger partial charge in [0.1, 0.15) is 0 Å². The van der Waals surface area contributed by atoms with E-state index in [0.29, 0.717) is 5.92 Å². The molecular formula is C45H46. The number of benzene rings is 3. The fourth-order valence-electron chi connectivity index (χ4n) is 5.90. The predicted molar refractivity (Wildman–Crippen MR) is 195 cm³/mol. The smallest absolute Gasteiger partial charge is 0.0267 e. The molecule has 0 bridgehead atoms. The molecule has 1 atom stereocenters. The van der Waals surface area contributed by atoms with Gasteiger partial charge in [0, 0.05) is 28.2 Å². The Balaban J connectivity index is 1.54. The lowest BCUT2D eigenvalue weighted by Crippen LogP contribution is -2.11. The van der Waals surface area contributed by atoms with Crippen LogP contribution in [0.3, 0.4) is 0 Å². The summed E-state index contributed by atoms with van der Waals surface area (Å²) in [7, 11) is 0. The Morgan fingerprint density at radius 3 is 1.98 bits per heavy atom. The molecule has 0 heterocycles. The summed E-state index contributed by atoms with van der Waals surface area (Å²) in [5.41, 5.74) is 13.6. The van der Waals surface area contributed by atoms with E-state index >= 15 is 0 Å². The van der Waals surface area contributed by atoms with Crippen LogP contribution in [0.4, 0.5) is 0 Å². The molecule has 226 valence electrons. The zero-order chi connectivity index (χ0) is 32.2. The number of rotatable bonds is 3. The first kappa shape index (κ1) is 31.9. The molecule has 0 aromatic heterocycles. The van der Waals surface area contributed by atoms with Crippen LogP contribution in [-0.2, 0) is 5.41 Å². The van der Waals surface area contributed by atoms with Crippen LogP contribution in [0.15, 0.2) is 114 Å². The highest BCUT2D eigenvalue weighted by Crippen LogP contribution is 2.39. The van der Waals surface area contributed by atoms with Gasteiger partial charge in [-0.1, -0.05) is 145 Å². The highest BCUT2D eigenvalue weighted by atomic mass is 14.2. The number of hydrogen-bond donors (Lipinski definition) is 0. The largest absolute Gasteiger partial charge is 0.0877 e. The standard InChI is InChI=1S/C45H46/c1-9-10-11-12-38-27-32(2)42-26-21-37(31-43(38)42)39-29-35(15-13-33-17-22-40(23-18-33)44(3,4)5)28-36(30-39)16-14-34-19-24-41(25-20-34)45(6,7)8/h9-12,17-19,21-24,26-32H,20,25H2,1-8H3/b10-9-,12-11-. The molecule has 0 heteroatoms. The lowest BCUT2D eigenvalue weighted by atomic mass is 9.80. The van der Waals surface area contributed by atoms with E-state index in [2.05, 4.69) is 175 Å². The van der Waals surface area contributed by atoms with Crippen LogP contribution in [-0.4, -0.2) is 0 Å². The third-order valence-corrected chi connectivity index (χ3v) is 8.71. The minimum Gasteiger partial charge on any atom is -0.0877 e. The second-order valence-electron chi connectivity index (χ2n) is 14.4. The molecular weight excluding hydrogens is 540 g/mol. The van der Waals surface area contributed by atoms with Crippen molar-refractivity contribution in [2.24, 2.45) is 5.41 Å². The molecule has 2 aliphatic rings. The van der Waals surface area contributed by atoms with Crippen molar-refractivity contribution in [2.45, 2.75) is 79.6 Å². The van der Waals surface area contributed by atoms with Crippen LogP contribution in [0.1, 0.15) is 108 Å². The number of fused-ring (bicyclic) bond motifs is 1. The van der Waals surface area contributed by atoms with E-state index in [1.165, 1.54) is 39.0 Å². The average Bonchev–Trinajstić information content (AvgIpc) is 3.33. The molecule has 3 aromatic carbocycles. The fraction of sp³-hybridized carbons (Fsp3) is 0.289. The summed E-state index contributed by atoms with van der Waals surface area (Å²) in [4.78, 5) is 0. The van der Waals surface area contributed by atoms with Gasteiger partial charge >= 0.3 is 0 Å². The molecule has 0 N–H and O–H groups in total. The van der Waals surface area contributed by atoms with Crippen molar-refractivity contribution < 1.29 is 0 Å². The highest BCUT2D eigenvalue weighted by molar-refractivity contribution is 5.84. The molecule has 5 rings (SSSR count). The molecule has 3 aromatic rings. The molecule has 0 saturated carbocycles. The maximum absolute atomic E-state index is 3.50. The zero-order valence-corrected chi connectivity index (χ0v) is 28.3. The van der Waals surface area contributed by atoms with Crippen molar-refractivity contribution in [1.29, 1.82) is 0 Å². The Morgan fingerprint density at radius 2 is 1.36 bits per heavy atom. The maximum Gasteiger partial charge on any atom is 0.0267 e. The van der Waals surface area contributed by atoms with E-state index in [9.17, 15) is 0 Å². The molecule has 0 saturated heterocycles. The quantitative estimate of drug-likeness (QED) is 0.211. The van der Waals surface area contributed by atoms with Gasteiger partial charge in [-0.3, -0.25) is 0 Å². The first-order chi connectivity index (χ1) is 21.4.